The molecule has 6 nitrogen and oxygen atoms in total. The highest BCUT2D eigenvalue weighted by Crippen LogP contribution is 2.18. The summed E-state index contributed by atoms with van der Waals surface area (Å²) >= 11 is 0. The summed E-state index contributed by atoms with van der Waals surface area (Å²) in [7, 11) is 0. The molecule has 0 spiro atoms. The minimum absolute atomic E-state index is 0.0662. The third-order valence-corrected chi connectivity index (χ3v) is 14.8. The average molecular weight is 1050 g/mol. The van der Waals surface area contributed by atoms with Gasteiger partial charge in [-0.15, -0.1) is 0 Å². The van der Waals surface area contributed by atoms with Crippen molar-refractivity contribution in [1.29, 1.82) is 0 Å². The van der Waals surface area contributed by atoms with E-state index in [-0.39, 0.29) is 31.1 Å². The molecule has 0 heterocycles. The Kier molecular flexibility index (Phi) is 61.7. The molecule has 1 unspecified atom stereocenters. The lowest BCUT2D eigenvalue weighted by atomic mass is 10.0. The third-order valence-electron chi connectivity index (χ3n) is 14.8. The summed E-state index contributed by atoms with van der Waals surface area (Å²) in [5, 5.41) is 0. The molecule has 0 bridgehead atoms. The Morgan fingerprint density at radius 1 is 0.280 bits per heavy atom. The zero-order valence-corrected chi connectivity index (χ0v) is 50.3. The van der Waals surface area contributed by atoms with Gasteiger partial charge in [0, 0.05) is 19.3 Å². The molecular weight excluding hydrogens is 925 g/mol. The minimum atomic E-state index is -0.764. The number of rotatable bonds is 61. The van der Waals surface area contributed by atoms with Gasteiger partial charge in [-0.3, -0.25) is 14.4 Å². The van der Waals surface area contributed by atoms with Crippen LogP contribution in [0.15, 0.2) is 48.6 Å². The minimum Gasteiger partial charge on any atom is -0.462 e. The summed E-state index contributed by atoms with van der Waals surface area (Å²) in [6.45, 7) is 6.50. The molecule has 6 heteroatoms. The molecule has 0 N–H and O–H groups in total. The van der Waals surface area contributed by atoms with E-state index in [9.17, 15) is 14.4 Å². The van der Waals surface area contributed by atoms with E-state index in [1.165, 1.54) is 225 Å². The van der Waals surface area contributed by atoms with E-state index in [4.69, 9.17) is 14.2 Å². The van der Waals surface area contributed by atoms with Gasteiger partial charge in [-0.25, -0.2) is 0 Å². The highest BCUT2D eigenvalue weighted by molar-refractivity contribution is 5.71. The van der Waals surface area contributed by atoms with Gasteiger partial charge in [0.1, 0.15) is 13.2 Å². The second-order valence-electron chi connectivity index (χ2n) is 22.4. The summed E-state index contributed by atoms with van der Waals surface area (Å²) in [5.74, 6) is -0.857. The summed E-state index contributed by atoms with van der Waals surface area (Å²) in [4.78, 5) is 37.9. The lowest BCUT2D eigenvalue weighted by Crippen LogP contribution is -2.30. The van der Waals surface area contributed by atoms with E-state index in [2.05, 4.69) is 69.4 Å². The van der Waals surface area contributed by atoms with E-state index >= 15 is 0 Å². The fourth-order valence-electron chi connectivity index (χ4n) is 9.91. The van der Waals surface area contributed by atoms with Gasteiger partial charge < -0.3 is 14.2 Å². The lowest BCUT2D eigenvalue weighted by Gasteiger charge is -2.18. The highest BCUT2D eigenvalue weighted by atomic mass is 16.6. The highest BCUT2D eigenvalue weighted by Gasteiger charge is 2.19. The Morgan fingerprint density at radius 2 is 0.520 bits per heavy atom. The Hall–Kier alpha value is -2.63. The SMILES string of the molecule is CC/C=C\C/C=C\C/C=C\C/C=C\CCCCCCCCCCCCCCCCCCCCCCCCC(=O)OCC(COC(=O)CCCCCCC)OC(=O)CCCCCCCCCCCCCCCCCCC. The van der Waals surface area contributed by atoms with E-state index in [0.717, 1.165) is 89.9 Å². The van der Waals surface area contributed by atoms with Crippen molar-refractivity contribution < 1.29 is 28.6 Å². The molecule has 0 aliphatic heterocycles. The molecule has 1 atom stereocenters. The van der Waals surface area contributed by atoms with Crippen LogP contribution in [0.25, 0.3) is 0 Å². The van der Waals surface area contributed by atoms with Gasteiger partial charge in [-0.1, -0.05) is 326 Å². The van der Waals surface area contributed by atoms with Crippen LogP contribution in [0.5, 0.6) is 0 Å². The van der Waals surface area contributed by atoms with Gasteiger partial charge in [0.15, 0.2) is 6.10 Å². The molecule has 0 saturated carbocycles. The van der Waals surface area contributed by atoms with Crippen molar-refractivity contribution in [3.8, 4) is 0 Å². The predicted octanol–water partition coefficient (Wildman–Crippen LogP) is 22.6. The number of unbranched alkanes of at least 4 members (excludes halogenated alkanes) is 42. The first-order valence-corrected chi connectivity index (χ1v) is 33.1. The Bertz CT molecular complexity index is 1300. The van der Waals surface area contributed by atoms with E-state index in [1.807, 2.05) is 0 Å². The summed E-state index contributed by atoms with van der Waals surface area (Å²) in [5.41, 5.74) is 0. The maximum absolute atomic E-state index is 12.8. The molecule has 0 aliphatic rings. The second-order valence-corrected chi connectivity index (χ2v) is 22.4. The number of hydrogen-bond donors (Lipinski definition) is 0. The molecule has 0 amide bonds. The molecular formula is C69H126O6. The molecule has 0 aliphatic carbocycles. The smallest absolute Gasteiger partial charge is 0.306 e. The molecule has 0 radical (unpaired) electrons. The number of allylic oxidation sites excluding steroid dienone is 8. The third kappa shape index (κ3) is 62.1. The fourth-order valence-corrected chi connectivity index (χ4v) is 9.91. The number of carbonyl (C=O) groups is 3. The number of ether oxygens (including phenoxy) is 3. The topological polar surface area (TPSA) is 78.9 Å². The monoisotopic (exact) mass is 1050 g/mol. The van der Waals surface area contributed by atoms with E-state index in [1.54, 1.807) is 0 Å². The van der Waals surface area contributed by atoms with Gasteiger partial charge >= 0.3 is 17.9 Å². The average Bonchev–Trinajstić information content (AvgIpc) is 3.41. The summed E-state index contributed by atoms with van der Waals surface area (Å²) in [6.07, 6.45) is 80.5. The second kappa shape index (κ2) is 63.9. The Labute approximate surface area is 467 Å². The normalized spacial score (nSPS) is 12.3. The fraction of sp³-hybridized carbons (Fsp3) is 0.841. The molecule has 0 aromatic heterocycles. The van der Waals surface area contributed by atoms with Gasteiger partial charge in [0.25, 0.3) is 0 Å². The van der Waals surface area contributed by atoms with Gasteiger partial charge in [-0.05, 0) is 57.8 Å². The first-order chi connectivity index (χ1) is 37.0. The maximum Gasteiger partial charge on any atom is 0.306 e. The molecule has 438 valence electrons. The molecule has 75 heavy (non-hydrogen) atoms. The van der Waals surface area contributed by atoms with E-state index in [0.29, 0.717) is 19.3 Å². The summed E-state index contributed by atoms with van der Waals surface area (Å²) < 4.78 is 16.8. The van der Waals surface area contributed by atoms with Crippen molar-refractivity contribution in [1.82, 2.24) is 0 Å². The van der Waals surface area contributed by atoms with E-state index < -0.39 is 6.10 Å². The molecule has 0 rings (SSSR count). The summed E-state index contributed by atoms with van der Waals surface area (Å²) in [6, 6.07) is 0. The molecule has 0 aromatic carbocycles. The zero-order valence-electron chi connectivity index (χ0n) is 50.3. The zero-order chi connectivity index (χ0) is 54.3. The van der Waals surface area contributed by atoms with Crippen LogP contribution >= 0.6 is 0 Å². The van der Waals surface area contributed by atoms with Gasteiger partial charge in [0.05, 0.1) is 0 Å². The quantitative estimate of drug-likeness (QED) is 0.0261. The number of hydrogen-bond acceptors (Lipinski definition) is 6. The first-order valence-electron chi connectivity index (χ1n) is 33.1. The van der Waals surface area contributed by atoms with Crippen LogP contribution in [-0.4, -0.2) is 37.2 Å². The standard InChI is InChI=1S/C69H126O6/c1-4-7-10-13-15-17-19-21-23-25-26-27-28-29-30-31-32-33-34-35-36-37-38-39-40-41-42-44-45-47-49-51-53-56-59-62-68(71)74-65-66(64-73-67(70)61-58-55-12-9-6-3)75-69(72)63-60-57-54-52-50-48-46-43-24-22-20-18-16-14-11-8-5-2/h7,10,15,17,21,23,26-27,66H,4-6,8-9,11-14,16,18-20,22,24-25,28-65H2,1-3H3/b10-7-,17-15-,23-21-,27-26-. The van der Waals surface area contributed by atoms with Crippen molar-refractivity contribution in [3.63, 3.8) is 0 Å². The molecule has 0 fully saturated rings. The number of carbonyl (C=O) groups excluding carboxylic acids is 3. The largest absolute Gasteiger partial charge is 0.462 e. The van der Waals surface area contributed by atoms with Crippen molar-refractivity contribution in [2.75, 3.05) is 13.2 Å². The Balaban J connectivity index is 3.86. The predicted molar refractivity (Wildman–Crippen MR) is 325 cm³/mol. The number of esters is 3. The Morgan fingerprint density at radius 3 is 0.813 bits per heavy atom. The van der Waals surface area contributed by atoms with Crippen LogP contribution in [0.4, 0.5) is 0 Å². The molecule has 0 saturated heterocycles. The van der Waals surface area contributed by atoms with Crippen molar-refractivity contribution >= 4 is 17.9 Å². The maximum atomic E-state index is 12.8. The molecule has 0 aromatic rings. The van der Waals surface area contributed by atoms with Crippen LogP contribution in [0.2, 0.25) is 0 Å². The first kappa shape index (κ1) is 72.4. The van der Waals surface area contributed by atoms with Crippen molar-refractivity contribution in [2.24, 2.45) is 0 Å². The van der Waals surface area contributed by atoms with Gasteiger partial charge in [-0.2, -0.15) is 0 Å². The lowest BCUT2D eigenvalue weighted by molar-refractivity contribution is -0.167. The van der Waals surface area contributed by atoms with Crippen LogP contribution in [-0.2, 0) is 28.6 Å². The van der Waals surface area contributed by atoms with Gasteiger partial charge in [0.2, 0.25) is 0 Å². The van der Waals surface area contributed by atoms with Crippen LogP contribution in [0.1, 0.15) is 355 Å². The van der Waals surface area contributed by atoms with Crippen molar-refractivity contribution in [3.05, 3.63) is 48.6 Å². The van der Waals surface area contributed by atoms with Crippen molar-refractivity contribution in [2.45, 2.75) is 361 Å². The van der Waals surface area contributed by atoms with Crippen LogP contribution in [0.3, 0.4) is 0 Å². The van der Waals surface area contributed by atoms with Crippen LogP contribution < -0.4 is 0 Å². The van der Waals surface area contributed by atoms with Crippen LogP contribution in [0, 0.1) is 0 Å².